The summed E-state index contributed by atoms with van der Waals surface area (Å²) in [6, 6.07) is 7.73. The Labute approximate surface area is 121 Å². The third-order valence-electron chi connectivity index (χ3n) is 4.10. The normalized spacial score (nSPS) is 22.2. The monoisotopic (exact) mass is 279 g/mol. The second-order valence-corrected chi connectivity index (χ2v) is 5.47. The van der Waals surface area contributed by atoms with Crippen molar-refractivity contribution >= 4 is 0 Å². The first kappa shape index (κ1) is 15.3. The smallest absolute Gasteiger partial charge is 0.119 e. The Morgan fingerprint density at radius 2 is 2.20 bits per heavy atom. The molecule has 0 spiro atoms. The average Bonchev–Trinajstić information content (AvgIpc) is 2.72. The number of ether oxygens (including phenoxy) is 1. The Morgan fingerprint density at radius 3 is 2.95 bits per heavy atom. The van der Waals surface area contributed by atoms with Gasteiger partial charge in [0.2, 0.25) is 0 Å². The van der Waals surface area contributed by atoms with Gasteiger partial charge in [-0.2, -0.15) is 0 Å². The van der Waals surface area contributed by atoms with Gasteiger partial charge in [0, 0.05) is 12.6 Å². The van der Waals surface area contributed by atoms with Crippen LogP contribution >= 0.6 is 0 Å². The lowest BCUT2D eigenvalue weighted by Gasteiger charge is -2.30. The number of hydrogen-bond acceptors (Lipinski definition) is 4. The predicted molar refractivity (Wildman–Crippen MR) is 78.9 cm³/mol. The summed E-state index contributed by atoms with van der Waals surface area (Å²) < 4.78 is 5.19. The van der Waals surface area contributed by atoms with E-state index in [1.54, 1.807) is 7.11 Å². The van der Waals surface area contributed by atoms with Crippen molar-refractivity contribution in [2.24, 2.45) is 0 Å². The molecule has 1 saturated heterocycles. The minimum atomic E-state index is -0.544. The third-order valence-corrected chi connectivity index (χ3v) is 4.10. The molecular formula is C16H25NO3. The fraction of sp³-hybridized carbons (Fsp3) is 0.625. The number of likely N-dealkylation sites (tertiary alicyclic amines) is 1. The minimum absolute atomic E-state index is 0.171. The number of benzene rings is 1. The van der Waals surface area contributed by atoms with Gasteiger partial charge in [-0.3, -0.25) is 4.90 Å². The van der Waals surface area contributed by atoms with Gasteiger partial charge in [-0.25, -0.2) is 0 Å². The van der Waals surface area contributed by atoms with E-state index in [-0.39, 0.29) is 12.6 Å². The molecule has 0 aliphatic carbocycles. The van der Waals surface area contributed by atoms with Crippen LogP contribution in [-0.4, -0.2) is 48.0 Å². The molecule has 2 unspecified atom stereocenters. The molecule has 1 aliphatic heterocycles. The maximum atomic E-state index is 10.4. The van der Waals surface area contributed by atoms with E-state index >= 15 is 0 Å². The summed E-state index contributed by atoms with van der Waals surface area (Å²) in [6.07, 6.45) is 3.99. The van der Waals surface area contributed by atoms with Crippen LogP contribution in [0.3, 0.4) is 0 Å². The first-order valence-electron chi connectivity index (χ1n) is 7.41. The van der Waals surface area contributed by atoms with E-state index in [0.29, 0.717) is 6.54 Å². The summed E-state index contributed by atoms with van der Waals surface area (Å²) in [4.78, 5) is 2.22. The number of rotatable bonds is 5. The average molecular weight is 279 g/mol. The van der Waals surface area contributed by atoms with E-state index in [2.05, 4.69) is 4.90 Å². The van der Waals surface area contributed by atoms with Gasteiger partial charge in [0.1, 0.15) is 5.75 Å². The first-order chi connectivity index (χ1) is 9.74. The molecule has 4 heteroatoms. The molecular weight excluding hydrogens is 254 g/mol. The van der Waals surface area contributed by atoms with Crippen molar-refractivity contribution in [2.75, 3.05) is 26.8 Å². The molecule has 2 N–H and O–H groups in total. The Bertz CT molecular complexity index is 410. The summed E-state index contributed by atoms with van der Waals surface area (Å²) in [5.41, 5.74) is 0.866. The van der Waals surface area contributed by atoms with Gasteiger partial charge < -0.3 is 14.9 Å². The zero-order chi connectivity index (χ0) is 14.4. The van der Waals surface area contributed by atoms with Crippen LogP contribution in [0.5, 0.6) is 5.75 Å². The van der Waals surface area contributed by atoms with Crippen molar-refractivity contribution in [1.82, 2.24) is 4.90 Å². The topological polar surface area (TPSA) is 52.9 Å². The van der Waals surface area contributed by atoms with E-state index in [0.717, 1.165) is 37.1 Å². The van der Waals surface area contributed by atoms with Crippen molar-refractivity contribution < 1.29 is 14.9 Å². The first-order valence-corrected chi connectivity index (χ1v) is 7.41. The molecule has 0 radical (unpaired) electrons. The summed E-state index contributed by atoms with van der Waals surface area (Å²) >= 11 is 0. The van der Waals surface area contributed by atoms with Gasteiger partial charge in [-0.1, -0.05) is 25.0 Å². The lowest BCUT2D eigenvalue weighted by molar-refractivity contribution is 0.0636. The van der Waals surface area contributed by atoms with Gasteiger partial charge in [-0.05, 0) is 37.1 Å². The summed E-state index contributed by atoms with van der Waals surface area (Å²) in [5.74, 6) is 0.760. The molecule has 20 heavy (non-hydrogen) atoms. The molecule has 1 fully saturated rings. The van der Waals surface area contributed by atoms with Crippen molar-refractivity contribution in [1.29, 1.82) is 0 Å². The van der Waals surface area contributed by atoms with Crippen LogP contribution < -0.4 is 4.74 Å². The number of β-amino-alcohol motifs (C(OH)–C–C–N with tert-alkyl or cyclic N) is 1. The minimum Gasteiger partial charge on any atom is -0.497 e. The maximum absolute atomic E-state index is 10.4. The van der Waals surface area contributed by atoms with Crippen LogP contribution in [0.25, 0.3) is 0 Å². The summed E-state index contributed by atoms with van der Waals surface area (Å²) in [5, 5.41) is 19.9. The number of hydrogen-bond donors (Lipinski definition) is 2. The van der Waals surface area contributed by atoms with Crippen LogP contribution in [0.1, 0.15) is 37.4 Å². The van der Waals surface area contributed by atoms with Gasteiger partial charge >= 0.3 is 0 Å². The van der Waals surface area contributed by atoms with E-state index in [9.17, 15) is 10.2 Å². The zero-order valence-electron chi connectivity index (χ0n) is 12.2. The third kappa shape index (κ3) is 3.95. The largest absolute Gasteiger partial charge is 0.497 e. The Morgan fingerprint density at radius 1 is 1.35 bits per heavy atom. The summed E-state index contributed by atoms with van der Waals surface area (Å²) in [7, 11) is 1.63. The lowest BCUT2D eigenvalue weighted by Crippen LogP contribution is -2.40. The van der Waals surface area contributed by atoms with E-state index in [1.807, 2.05) is 24.3 Å². The molecule has 1 aromatic carbocycles. The van der Waals surface area contributed by atoms with Crippen molar-refractivity contribution in [3.05, 3.63) is 29.8 Å². The predicted octanol–water partition coefficient (Wildman–Crippen LogP) is 1.97. The second-order valence-electron chi connectivity index (χ2n) is 5.47. The molecule has 112 valence electrons. The highest BCUT2D eigenvalue weighted by molar-refractivity contribution is 5.29. The van der Waals surface area contributed by atoms with E-state index in [4.69, 9.17) is 4.74 Å². The van der Waals surface area contributed by atoms with Gasteiger partial charge in [0.25, 0.3) is 0 Å². The molecule has 1 heterocycles. The standard InChI is InChI=1S/C16H25NO3/c1-20-15-8-5-6-13(10-15)16(19)11-17-9-4-2-3-7-14(17)12-18/h5-6,8,10,14,16,18-19H,2-4,7,9,11-12H2,1H3. The fourth-order valence-electron chi connectivity index (χ4n) is 2.86. The Kier molecular flexibility index (Phi) is 5.83. The number of aliphatic hydroxyl groups is 2. The highest BCUT2D eigenvalue weighted by Gasteiger charge is 2.23. The highest BCUT2D eigenvalue weighted by Crippen LogP contribution is 2.23. The lowest BCUT2D eigenvalue weighted by atomic mass is 10.1. The molecule has 1 aromatic rings. The quantitative estimate of drug-likeness (QED) is 0.865. The molecule has 0 bridgehead atoms. The molecule has 2 rings (SSSR count). The highest BCUT2D eigenvalue weighted by atomic mass is 16.5. The van der Waals surface area contributed by atoms with E-state index < -0.39 is 6.10 Å². The molecule has 0 saturated carbocycles. The Hall–Kier alpha value is -1.10. The van der Waals surface area contributed by atoms with E-state index in [1.165, 1.54) is 6.42 Å². The van der Waals surface area contributed by atoms with Crippen LogP contribution in [-0.2, 0) is 0 Å². The van der Waals surface area contributed by atoms with Crippen LogP contribution in [0.4, 0.5) is 0 Å². The number of aliphatic hydroxyl groups excluding tert-OH is 2. The number of nitrogens with zero attached hydrogens (tertiary/aromatic N) is 1. The SMILES string of the molecule is COc1cccc(C(O)CN2CCCCCC2CO)c1. The van der Waals surface area contributed by atoms with Crippen LogP contribution in [0.2, 0.25) is 0 Å². The van der Waals surface area contributed by atoms with Crippen molar-refractivity contribution in [3.63, 3.8) is 0 Å². The number of methoxy groups -OCH3 is 1. The van der Waals surface area contributed by atoms with Crippen molar-refractivity contribution in [2.45, 2.75) is 37.8 Å². The molecule has 0 aromatic heterocycles. The summed E-state index contributed by atoms with van der Waals surface area (Å²) in [6.45, 7) is 1.69. The molecule has 2 atom stereocenters. The fourth-order valence-corrected chi connectivity index (χ4v) is 2.86. The van der Waals surface area contributed by atoms with Crippen LogP contribution in [0, 0.1) is 0 Å². The molecule has 1 aliphatic rings. The zero-order valence-corrected chi connectivity index (χ0v) is 12.2. The van der Waals surface area contributed by atoms with Gasteiger partial charge in [0.05, 0.1) is 19.8 Å². The van der Waals surface area contributed by atoms with Gasteiger partial charge in [0.15, 0.2) is 0 Å². The molecule has 0 amide bonds. The maximum Gasteiger partial charge on any atom is 0.119 e. The van der Waals surface area contributed by atoms with Gasteiger partial charge in [-0.15, -0.1) is 0 Å². The Balaban J connectivity index is 2.02. The van der Waals surface area contributed by atoms with Crippen molar-refractivity contribution in [3.8, 4) is 5.75 Å². The molecule has 4 nitrogen and oxygen atoms in total. The van der Waals surface area contributed by atoms with Crippen LogP contribution in [0.15, 0.2) is 24.3 Å². The second kappa shape index (κ2) is 7.62.